The lowest BCUT2D eigenvalue weighted by Crippen LogP contribution is -2.23. The second-order valence-electron chi connectivity index (χ2n) is 18.0. The molecule has 5 aromatic heterocycles. The van der Waals surface area contributed by atoms with Gasteiger partial charge in [-0.05, 0) is 103 Å². The van der Waals surface area contributed by atoms with Crippen molar-refractivity contribution >= 4 is 82.6 Å². The topological polar surface area (TPSA) is 56.3 Å². The van der Waals surface area contributed by atoms with Crippen LogP contribution in [0.25, 0.3) is 93.9 Å². The van der Waals surface area contributed by atoms with Crippen LogP contribution >= 0.6 is 0 Å². The summed E-state index contributed by atoms with van der Waals surface area (Å²) in [5, 5.41) is 6.98. The van der Waals surface area contributed by atoms with Crippen molar-refractivity contribution in [2.45, 2.75) is 6.92 Å². The lowest BCUT2D eigenvalue weighted by atomic mass is 9.98. The van der Waals surface area contributed by atoms with E-state index in [1.807, 2.05) is 24.4 Å². The van der Waals surface area contributed by atoms with Crippen molar-refractivity contribution in [1.82, 2.24) is 23.7 Å². The molecule has 0 amide bonds. The molecule has 0 aliphatic carbocycles. The van der Waals surface area contributed by atoms with Gasteiger partial charge in [0.2, 0.25) is 0 Å². The molecule has 8 aromatic carbocycles. The van der Waals surface area contributed by atoms with Gasteiger partial charge in [-0.25, -0.2) is 9.97 Å². The van der Waals surface area contributed by atoms with Crippen molar-refractivity contribution in [1.29, 1.82) is 0 Å². The number of nitrogens with zero attached hydrogens (tertiary/aromatic N) is 7. The van der Waals surface area contributed by atoms with E-state index in [9.17, 15) is 0 Å². The number of anilines is 3. The minimum atomic E-state index is 0.729. The molecule has 8 heteroatoms. The summed E-state index contributed by atoms with van der Waals surface area (Å²) < 4.78 is 13.7. The summed E-state index contributed by atoms with van der Waals surface area (Å²) in [4.78, 5) is 15.0. The van der Waals surface area contributed by atoms with Crippen molar-refractivity contribution in [2.75, 3.05) is 23.5 Å². The Morgan fingerprint density at radius 3 is 1.61 bits per heavy atom. The molecule has 69 heavy (non-hydrogen) atoms. The molecule has 1 aliphatic heterocycles. The molecule has 0 unspecified atom stereocenters. The number of benzene rings is 8. The zero-order chi connectivity index (χ0) is 45.7. The standard InChI is InChI=1S/C61H43N7O/c1-39-34-59(68-58-36-42(31-32-47(58)48-22-15-33-62-61(48)68)69-41-17-13-16-40(35-41)65-38-64(2)54-27-11-12-28-55(54)65)63-37-49(39)60-56(66-50-23-7-3-18-43(50)44-19-4-8-24-51(44)66)29-14-30-57(60)67-52-25-9-5-20-45(52)46-21-6-10-26-53(46)67/h3-37H,38H2,1-2H3. The number of para-hydroxylation sites is 6. The summed E-state index contributed by atoms with van der Waals surface area (Å²) in [6.45, 7) is 2.97. The number of rotatable bonds is 7. The monoisotopic (exact) mass is 889 g/mol. The third-order valence-electron chi connectivity index (χ3n) is 14.1. The Labute approximate surface area is 397 Å². The first-order valence-electron chi connectivity index (χ1n) is 23.4. The average molecular weight is 890 g/mol. The number of pyridine rings is 2. The van der Waals surface area contributed by atoms with Crippen LogP contribution in [0, 0.1) is 6.92 Å². The Bertz CT molecular complexity index is 3980. The molecule has 328 valence electrons. The number of fused-ring (bicyclic) bond motifs is 10. The average Bonchev–Trinajstić information content (AvgIpc) is 4.12. The lowest BCUT2D eigenvalue weighted by Gasteiger charge is -2.21. The van der Waals surface area contributed by atoms with Crippen LogP contribution in [-0.4, -0.2) is 37.4 Å². The van der Waals surface area contributed by atoms with Crippen molar-refractivity contribution in [3.05, 3.63) is 218 Å². The molecule has 14 rings (SSSR count). The first-order chi connectivity index (χ1) is 34.1. The smallest absolute Gasteiger partial charge is 0.146 e. The first-order valence-corrected chi connectivity index (χ1v) is 23.4. The summed E-state index contributed by atoms with van der Waals surface area (Å²) in [6.07, 6.45) is 3.92. The van der Waals surface area contributed by atoms with Gasteiger partial charge in [0.05, 0.1) is 57.0 Å². The fraction of sp³-hybridized carbons (Fsp3) is 0.0492. The van der Waals surface area contributed by atoms with Gasteiger partial charge in [0.1, 0.15) is 23.0 Å². The molecule has 0 radical (unpaired) electrons. The van der Waals surface area contributed by atoms with E-state index in [1.165, 1.54) is 32.9 Å². The van der Waals surface area contributed by atoms with Gasteiger partial charge in [-0.2, -0.15) is 0 Å². The van der Waals surface area contributed by atoms with Crippen LogP contribution in [0.15, 0.2) is 213 Å². The maximum Gasteiger partial charge on any atom is 0.146 e. The summed E-state index contributed by atoms with van der Waals surface area (Å²) >= 11 is 0. The SMILES string of the molecule is Cc1cc(-n2c3cc(Oc4cccc(N5CN(C)c6ccccc65)c4)ccc3c3cccnc32)ncc1-c1c(-n2c3ccccc3c3ccccc32)cccc1-n1c2ccccc2c2ccccc21. The zero-order valence-corrected chi connectivity index (χ0v) is 38.0. The maximum atomic E-state index is 6.71. The Balaban J connectivity index is 0.943. The number of aryl methyl sites for hydroxylation is 1. The molecule has 0 saturated carbocycles. The highest BCUT2D eigenvalue weighted by Gasteiger charge is 2.26. The van der Waals surface area contributed by atoms with Gasteiger partial charge in [0, 0.05) is 80.7 Å². The summed E-state index contributed by atoms with van der Waals surface area (Å²) in [6, 6.07) is 71.1. The fourth-order valence-electron chi connectivity index (χ4n) is 11.0. The largest absolute Gasteiger partial charge is 0.457 e. The van der Waals surface area contributed by atoms with Gasteiger partial charge < -0.3 is 23.7 Å². The van der Waals surface area contributed by atoms with E-state index in [2.05, 4.69) is 226 Å². The van der Waals surface area contributed by atoms with E-state index in [1.54, 1.807) is 0 Å². The van der Waals surface area contributed by atoms with Crippen LogP contribution in [0.2, 0.25) is 0 Å². The molecule has 6 heterocycles. The molecule has 0 bridgehead atoms. The first kappa shape index (κ1) is 39.1. The second-order valence-corrected chi connectivity index (χ2v) is 18.0. The van der Waals surface area contributed by atoms with Crippen molar-refractivity contribution in [3.8, 4) is 39.8 Å². The minimum absolute atomic E-state index is 0.729. The third kappa shape index (κ3) is 5.95. The van der Waals surface area contributed by atoms with Crippen LogP contribution in [0.3, 0.4) is 0 Å². The molecule has 1 aliphatic rings. The molecular weight excluding hydrogens is 847 g/mol. The molecule has 8 nitrogen and oxygen atoms in total. The summed E-state index contributed by atoms with van der Waals surface area (Å²) in [5.41, 5.74) is 15.2. The molecule has 0 fully saturated rings. The Kier molecular flexibility index (Phi) is 8.61. The normalized spacial score (nSPS) is 12.7. The number of aromatic nitrogens is 5. The van der Waals surface area contributed by atoms with Gasteiger partial charge in [-0.1, -0.05) is 97.1 Å². The van der Waals surface area contributed by atoms with Crippen LogP contribution in [0.5, 0.6) is 11.5 Å². The van der Waals surface area contributed by atoms with E-state index in [0.29, 0.717) is 0 Å². The van der Waals surface area contributed by atoms with Crippen molar-refractivity contribution < 1.29 is 4.74 Å². The van der Waals surface area contributed by atoms with Gasteiger partial charge in [-0.3, -0.25) is 4.57 Å². The van der Waals surface area contributed by atoms with Crippen LogP contribution in [0.4, 0.5) is 17.1 Å². The lowest BCUT2D eigenvalue weighted by molar-refractivity contribution is 0.483. The second kappa shape index (κ2) is 15.2. The van der Waals surface area contributed by atoms with E-state index in [-0.39, 0.29) is 0 Å². The van der Waals surface area contributed by atoms with Crippen LogP contribution in [-0.2, 0) is 0 Å². The maximum absolute atomic E-state index is 6.71. The van der Waals surface area contributed by atoms with Crippen LogP contribution in [0.1, 0.15) is 5.56 Å². The quantitative estimate of drug-likeness (QED) is 0.160. The predicted octanol–water partition coefficient (Wildman–Crippen LogP) is 15.1. The molecule has 0 saturated heterocycles. The van der Waals surface area contributed by atoms with E-state index in [0.717, 1.165) is 102 Å². The van der Waals surface area contributed by atoms with Gasteiger partial charge in [0.25, 0.3) is 0 Å². The van der Waals surface area contributed by atoms with E-state index < -0.39 is 0 Å². The highest BCUT2D eigenvalue weighted by atomic mass is 16.5. The minimum Gasteiger partial charge on any atom is -0.457 e. The number of ether oxygens (including phenoxy) is 1. The molecule has 0 spiro atoms. The van der Waals surface area contributed by atoms with Crippen LogP contribution < -0.4 is 14.5 Å². The zero-order valence-electron chi connectivity index (χ0n) is 38.0. The molecular formula is C61H43N7O. The van der Waals surface area contributed by atoms with E-state index in [4.69, 9.17) is 14.7 Å². The predicted molar refractivity (Wildman–Crippen MR) is 284 cm³/mol. The summed E-state index contributed by atoms with van der Waals surface area (Å²) in [7, 11) is 2.13. The Morgan fingerprint density at radius 1 is 0.435 bits per heavy atom. The molecule has 0 atom stereocenters. The molecule has 13 aromatic rings. The van der Waals surface area contributed by atoms with Gasteiger partial charge >= 0.3 is 0 Å². The van der Waals surface area contributed by atoms with Crippen molar-refractivity contribution in [2.24, 2.45) is 0 Å². The number of hydrogen-bond donors (Lipinski definition) is 0. The third-order valence-corrected chi connectivity index (χ3v) is 14.1. The summed E-state index contributed by atoms with van der Waals surface area (Å²) in [5.74, 6) is 2.27. The fourth-order valence-corrected chi connectivity index (χ4v) is 11.0. The highest BCUT2D eigenvalue weighted by molar-refractivity contribution is 6.12. The van der Waals surface area contributed by atoms with Gasteiger partial charge in [-0.15, -0.1) is 0 Å². The highest BCUT2D eigenvalue weighted by Crippen LogP contribution is 2.45. The Morgan fingerprint density at radius 2 is 0.971 bits per heavy atom. The van der Waals surface area contributed by atoms with Crippen molar-refractivity contribution in [3.63, 3.8) is 0 Å². The Hall–Kier alpha value is -9.14. The molecule has 0 N–H and O–H groups in total. The number of hydrogen-bond acceptors (Lipinski definition) is 5. The van der Waals surface area contributed by atoms with Gasteiger partial charge in [0.15, 0.2) is 0 Å². The van der Waals surface area contributed by atoms with E-state index >= 15 is 0 Å².